The van der Waals surface area contributed by atoms with Gasteiger partial charge in [-0.15, -0.1) is 0 Å². The van der Waals surface area contributed by atoms with Crippen LogP contribution in [0.15, 0.2) is 34.4 Å². The van der Waals surface area contributed by atoms with Crippen LogP contribution in [0, 0.1) is 0 Å². The van der Waals surface area contributed by atoms with E-state index < -0.39 is 30.1 Å². The molecule has 0 saturated carbocycles. The Labute approximate surface area is 188 Å². The van der Waals surface area contributed by atoms with Crippen LogP contribution < -0.4 is 4.74 Å². The predicted octanol–water partition coefficient (Wildman–Crippen LogP) is 7.50. The Morgan fingerprint density at radius 3 is 2.03 bits per heavy atom. The average Bonchev–Trinajstić information content (AvgIpc) is 2.74. The van der Waals surface area contributed by atoms with Crippen molar-refractivity contribution in [2.24, 2.45) is 0 Å². The molecule has 0 fully saturated rings. The van der Waals surface area contributed by atoms with Gasteiger partial charge in [0.05, 0.1) is 0 Å². The fourth-order valence-electron chi connectivity index (χ4n) is 3.59. The number of hydrogen-bond acceptors (Lipinski definition) is 2. The van der Waals surface area contributed by atoms with Crippen molar-refractivity contribution in [3.8, 4) is 5.75 Å². The molecule has 0 aliphatic heterocycles. The summed E-state index contributed by atoms with van der Waals surface area (Å²) >= 11 is -2.44. The Hall–Kier alpha value is -0.474. The summed E-state index contributed by atoms with van der Waals surface area (Å²) in [5.74, 6) is 0.199. The third kappa shape index (κ3) is 10.2. The molecule has 2 nitrogen and oxygen atoms in total. The van der Waals surface area contributed by atoms with Crippen molar-refractivity contribution in [1.82, 2.24) is 0 Å². The molecule has 0 aliphatic rings. The molecule has 0 bridgehead atoms. The van der Waals surface area contributed by atoms with Gasteiger partial charge in [0.15, 0.2) is 0 Å². The van der Waals surface area contributed by atoms with Gasteiger partial charge in [0.2, 0.25) is 0 Å². The van der Waals surface area contributed by atoms with Gasteiger partial charge in [-0.2, -0.15) is 0 Å². The van der Waals surface area contributed by atoms with E-state index in [1.807, 2.05) is 0 Å². The van der Waals surface area contributed by atoms with Crippen molar-refractivity contribution in [3.05, 3.63) is 40.0 Å². The van der Waals surface area contributed by atoms with Crippen LogP contribution in [0.3, 0.4) is 0 Å². The summed E-state index contributed by atoms with van der Waals surface area (Å²) in [6.07, 6.45) is 4.82. The number of unbranched alkanes of at least 4 members (excludes halogenated alkanes) is 3. The van der Waals surface area contributed by atoms with E-state index in [9.17, 15) is 13.2 Å². The van der Waals surface area contributed by atoms with E-state index in [1.54, 1.807) is 0 Å². The van der Waals surface area contributed by atoms with Crippen molar-refractivity contribution in [2.75, 3.05) is 6.61 Å². The summed E-state index contributed by atoms with van der Waals surface area (Å²) in [6, 6.07) is 4.97. The van der Waals surface area contributed by atoms with E-state index in [1.165, 1.54) is 64.0 Å². The summed E-state index contributed by atoms with van der Waals surface area (Å²) in [5.41, 5.74) is -0.708. The van der Waals surface area contributed by atoms with Crippen molar-refractivity contribution in [2.45, 2.75) is 84.9 Å². The van der Waals surface area contributed by atoms with E-state index in [0.717, 1.165) is 12.1 Å². The molecule has 0 aromatic heterocycles. The molecule has 0 spiro atoms. The van der Waals surface area contributed by atoms with E-state index in [4.69, 9.17) is 9.16 Å². The molecule has 1 aromatic carbocycles. The molecule has 1 rings (SSSR count). The Bertz CT molecular complexity index is 601. The SMILES string of the molecule is CCC[CH2][Sn](/[CH]=C/C(COc1cccc(C(F)(F)F)c1)O[Si])([CH2]CCC)[CH2]CCC. The molecular weight excluding hydrogens is 512 g/mol. The van der Waals surface area contributed by atoms with Crippen LogP contribution in [-0.2, 0) is 10.6 Å². The number of benzene rings is 1. The number of rotatable bonds is 15. The van der Waals surface area contributed by atoms with Gasteiger partial charge in [-0.05, 0) is 0 Å². The molecular formula is C23H36F3O2SiSn. The second-order valence-electron chi connectivity index (χ2n) is 8.03. The molecule has 169 valence electrons. The number of ether oxygens (including phenoxy) is 1. The van der Waals surface area contributed by atoms with Gasteiger partial charge in [-0.25, -0.2) is 0 Å². The van der Waals surface area contributed by atoms with Crippen molar-refractivity contribution >= 4 is 28.9 Å². The maximum absolute atomic E-state index is 12.9. The van der Waals surface area contributed by atoms with Gasteiger partial charge in [0, 0.05) is 0 Å². The molecule has 1 unspecified atom stereocenters. The van der Waals surface area contributed by atoms with E-state index in [2.05, 4.69) is 41.4 Å². The predicted molar refractivity (Wildman–Crippen MR) is 122 cm³/mol. The minimum absolute atomic E-state index is 0.165. The quantitative estimate of drug-likeness (QED) is 0.212. The first-order valence-electron chi connectivity index (χ1n) is 11.1. The van der Waals surface area contributed by atoms with Crippen molar-refractivity contribution < 1.29 is 22.3 Å². The van der Waals surface area contributed by atoms with Crippen LogP contribution in [0.1, 0.15) is 64.9 Å². The van der Waals surface area contributed by atoms with Crippen LogP contribution in [0.4, 0.5) is 13.2 Å². The number of hydrogen-bond donors (Lipinski definition) is 0. The van der Waals surface area contributed by atoms with E-state index in [-0.39, 0.29) is 18.5 Å². The maximum atomic E-state index is 12.9. The van der Waals surface area contributed by atoms with Gasteiger partial charge in [0.25, 0.3) is 0 Å². The second-order valence-corrected chi connectivity index (χ2v) is 21.3. The zero-order chi connectivity index (χ0) is 22.5. The normalized spacial score (nSPS) is 13.7. The third-order valence-electron chi connectivity index (χ3n) is 5.48. The van der Waals surface area contributed by atoms with Gasteiger partial charge >= 0.3 is 188 Å². The zero-order valence-corrected chi connectivity index (χ0v) is 22.4. The fraction of sp³-hybridized carbons (Fsp3) is 0.652. The van der Waals surface area contributed by atoms with Crippen LogP contribution in [0.2, 0.25) is 13.3 Å². The number of halogens is 3. The minimum atomic E-state index is -4.38. The van der Waals surface area contributed by atoms with Gasteiger partial charge in [0.1, 0.15) is 0 Å². The van der Waals surface area contributed by atoms with Crippen LogP contribution in [-0.4, -0.2) is 41.6 Å². The molecule has 0 saturated heterocycles. The molecule has 0 aliphatic carbocycles. The fourth-order valence-corrected chi connectivity index (χ4v) is 18.1. The van der Waals surface area contributed by atoms with Gasteiger partial charge in [-0.3, -0.25) is 0 Å². The van der Waals surface area contributed by atoms with E-state index >= 15 is 0 Å². The molecule has 0 N–H and O–H groups in total. The van der Waals surface area contributed by atoms with Crippen LogP contribution in [0.25, 0.3) is 0 Å². The molecule has 1 aromatic rings. The molecule has 0 heterocycles. The standard InChI is InChI=1S/C11H9F3O2Si.3C4H9.Sn/c1-2-9(16-17)7-15-10-5-3-4-8(6-10)11(12,13)14;3*1-3-4-2;/h1-6,9H,7H2;3*1,3-4H2,2H3;. The first kappa shape index (κ1) is 27.6. The average molecular weight is 548 g/mol. The van der Waals surface area contributed by atoms with Crippen LogP contribution >= 0.6 is 0 Å². The molecule has 3 radical (unpaired) electrons. The second kappa shape index (κ2) is 14.6. The summed E-state index contributed by atoms with van der Waals surface area (Å²) < 4.78 is 56.2. The monoisotopic (exact) mass is 549 g/mol. The first-order chi connectivity index (χ1) is 14.3. The summed E-state index contributed by atoms with van der Waals surface area (Å²) in [5, 5.41) is 0. The van der Waals surface area contributed by atoms with Crippen LogP contribution in [0.5, 0.6) is 5.75 Å². The third-order valence-corrected chi connectivity index (χ3v) is 19.9. The van der Waals surface area contributed by atoms with Crippen molar-refractivity contribution in [3.63, 3.8) is 0 Å². The Morgan fingerprint density at radius 1 is 1.00 bits per heavy atom. The Kier molecular flexibility index (Phi) is 13.4. The zero-order valence-electron chi connectivity index (χ0n) is 18.6. The molecule has 1 atom stereocenters. The molecule has 30 heavy (non-hydrogen) atoms. The van der Waals surface area contributed by atoms with E-state index in [0.29, 0.717) is 0 Å². The number of alkyl halides is 3. The Balaban J connectivity index is 2.88. The summed E-state index contributed by atoms with van der Waals surface area (Å²) in [7, 11) is 3.13. The van der Waals surface area contributed by atoms with Gasteiger partial charge < -0.3 is 0 Å². The van der Waals surface area contributed by atoms with Gasteiger partial charge in [-0.1, -0.05) is 0 Å². The molecule has 7 heteroatoms. The summed E-state index contributed by atoms with van der Waals surface area (Å²) in [6.45, 7) is 6.89. The first-order valence-corrected chi connectivity index (χ1v) is 19.2. The topological polar surface area (TPSA) is 18.5 Å². The summed E-state index contributed by atoms with van der Waals surface area (Å²) in [4.78, 5) is 0. The van der Waals surface area contributed by atoms with Crippen molar-refractivity contribution in [1.29, 1.82) is 0 Å². The molecule has 0 amide bonds. The Morgan fingerprint density at radius 2 is 1.57 bits per heavy atom.